The maximum absolute atomic E-state index is 11.8. The first-order chi connectivity index (χ1) is 12.6. The molecule has 0 aliphatic carbocycles. The van der Waals surface area contributed by atoms with Gasteiger partial charge in [-0.25, -0.2) is 0 Å². The Morgan fingerprint density at radius 2 is 1.92 bits per heavy atom. The zero-order chi connectivity index (χ0) is 18.1. The van der Waals surface area contributed by atoms with E-state index in [1.807, 2.05) is 48.5 Å². The third-order valence-corrected chi connectivity index (χ3v) is 5.59. The number of halogens is 1. The average molecular weight is 372 g/mol. The minimum absolute atomic E-state index is 0.557. The van der Waals surface area contributed by atoms with Gasteiger partial charge in [-0.15, -0.1) is 0 Å². The smallest absolute Gasteiger partial charge is 0.275 e. The van der Waals surface area contributed by atoms with Crippen LogP contribution in [0, 0.1) is 0 Å². The van der Waals surface area contributed by atoms with Gasteiger partial charge in [0, 0.05) is 23.1 Å². The van der Waals surface area contributed by atoms with Gasteiger partial charge in [-0.2, -0.15) is 4.90 Å². The number of ether oxygens (including phenoxy) is 1. The molecule has 4 rings (SSSR count). The maximum Gasteiger partial charge on any atom is 0.275 e. The van der Waals surface area contributed by atoms with E-state index in [-0.39, 0.29) is 0 Å². The molecule has 5 heteroatoms. The lowest BCUT2D eigenvalue weighted by atomic mass is 9.99. The molecular weight excluding hydrogens is 348 g/mol. The maximum atomic E-state index is 11.8. The Labute approximate surface area is 159 Å². The van der Waals surface area contributed by atoms with Gasteiger partial charge in [0.05, 0.1) is 13.7 Å². The number of rotatable bonds is 3. The van der Waals surface area contributed by atoms with Gasteiger partial charge in [0.15, 0.2) is 6.54 Å². The second-order valence-electron chi connectivity index (χ2n) is 7.01. The molecule has 1 atom stereocenters. The van der Waals surface area contributed by atoms with E-state index >= 15 is 0 Å². The molecule has 0 saturated heterocycles. The fraction of sp³-hybridized carbons (Fsp3) is 0.381. The second-order valence-corrected chi connectivity index (χ2v) is 7.45. The number of aliphatic hydroxyl groups is 1. The molecule has 0 aromatic heterocycles. The molecule has 2 aliphatic rings. The Hall–Kier alpha value is -2.04. The highest BCUT2D eigenvalue weighted by Gasteiger charge is 2.54. The van der Waals surface area contributed by atoms with Crippen molar-refractivity contribution in [2.45, 2.75) is 31.4 Å². The van der Waals surface area contributed by atoms with E-state index in [0.29, 0.717) is 11.6 Å². The van der Waals surface area contributed by atoms with Crippen molar-refractivity contribution in [2.75, 3.05) is 25.1 Å². The first-order valence-corrected chi connectivity index (χ1v) is 9.53. The van der Waals surface area contributed by atoms with Crippen molar-refractivity contribution in [2.24, 2.45) is 0 Å². The van der Waals surface area contributed by atoms with Gasteiger partial charge in [-0.05, 0) is 55.7 Å². The molecule has 2 aromatic carbocycles. The van der Waals surface area contributed by atoms with E-state index in [1.165, 1.54) is 12.3 Å². The van der Waals surface area contributed by atoms with E-state index in [1.54, 1.807) is 7.11 Å². The molecule has 2 heterocycles. The monoisotopic (exact) mass is 371 g/mol. The van der Waals surface area contributed by atoms with Gasteiger partial charge >= 0.3 is 0 Å². The van der Waals surface area contributed by atoms with Gasteiger partial charge in [0.25, 0.3) is 11.6 Å². The molecule has 0 fully saturated rings. The van der Waals surface area contributed by atoms with Crippen LogP contribution < -0.4 is 9.64 Å². The third kappa shape index (κ3) is 2.97. The van der Waals surface area contributed by atoms with Crippen LogP contribution in [-0.4, -0.2) is 35.7 Å². The quantitative estimate of drug-likeness (QED) is 0.828. The summed E-state index contributed by atoms with van der Waals surface area (Å²) in [6.45, 7) is 1.53. The molecule has 26 heavy (non-hydrogen) atoms. The number of hydrogen-bond acceptors (Lipinski definition) is 3. The summed E-state index contributed by atoms with van der Waals surface area (Å²) in [5.74, 6) is 1.97. The molecule has 2 aliphatic heterocycles. The van der Waals surface area contributed by atoms with Crippen molar-refractivity contribution in [3.8, 4) is 5.75 Å². The predicted molar refractivity (Wildman–Crippen MR) is 104 cm³/mol. The molecule has 0 saturated carbocycles. The van der Waals surface area contributed by atoms with Crippen LogP contribution in [0.1, 0.15) is 31.2 Å². The molecule has 2 aromatic rings. The molecule has 0 spiro atoms. The highest BCUT2D eigenvalue weighted by molar-refractivity contribution is 6.30. The van der Waals surface area contributed by atoms with Crippen LogP contribution in [0.4, 0.5) is 5.69 Å². The lowest BCUT2D eigenvalue weighted by molar-refractivity contribution is -0.534. The summed E-state index contributed by atoms with van der Waals surface area (Å²) in [4.78, 5) is 2.08. The average Bonchev–Trinajstić information content (AvgIpc) is 2.78. The van der Waals surface area contributed by atoms with Crippen LogP contribution in [-0.2, 0) is 5.72 Å². The Bertz CT molecular complexity index is 834. The van der Waals surface area contributed by atoms with Crippen molar-refractivity contribution in [3.05, 3.63) is 59.1 Å². The minimum Gasteiger partial charge on any atom is -0.497 e. The van der Waals surface area contributed by atoms with Gasteiger partial charge in [-0.3, -0.25) is 4.58 Å². The summed E-state index contributed by atoms with van der Waals surface area (Å²) in [5.41, 5.74) is 0.665. The number of nitrogens with zero attached hydrogens (tertiary/aromatic N) is 2. The summed E-state index contributed by atoms with van der Waals surface area (Å²) in [7, 11) is 1.65. The second kappa shape index (κ2) is 6.93. The largest absolute Gasteiger partial charge is 0.497 e. The van der Waals surface area contributed by atoms with Crippen molar-refractivity contribution < 1.29 is 14.4 Å². The molecule has 136 valence electrons. The number of methoxy groups -OCH3 is 1. The summed E-state index contributed by atoms with van der Waals surface area (Å²) in [6.07, 6.45) is 4.49. The van der Waals surface area contributed by atoms with E-state index in [9.17, 15) is 5.11 Å². The highest BCUT2D eigenvalue weighted by atomic mass is 35.5. The van der Waals surface area contributed by atoms with Crippen LogP contribution in [0.3, 0.4) is 0 Å². The predicted octanol–water partition coefficient (Wildman–Crippen LogP) is 4.00. The normalized spacial score (nSPS) is 23.0. The summed E-state index contributed by atoms with van der Waals surface area (Å²) in [6, 6.07) is 15.4. The summed E-state index contributed by atoms with van der Waals surface area (Å²) in [5, 5.41) is 12.5. The first kappa shape index (κ1) is 17.4. The molecule has 1 N–H and O–H groups in total. The first-order valence-electron chi connectivity index (χ1n) is 9.15. The van der Waals surface area contributed by atoms with Crippen molar-refractivity contribution in [1.29, 1.82) is 0 Å². The summed E-state index contributed by atoms with van der Waals surface area (Å²) < 4.78 is 7.61. The molecule has 0 bridgehead atoms. The SMILES string of the molecule is COc1ccc(C2(O)C[N+]3=C(CCCCC3)N2c2cccc(Cl)c2)cc1. The number of amidine groups is 1. The Morgan fingerprint density at radius 1 is 1.12 bits per heavy atom. The van der Waals surface area contributed by atoms with Gasteiger partial charge in [0.1, 0.15) is 11.4 Å². The fourth-order valence-electron chi connectivity index (χ4n) is 4.08. The lowest BCUT2D eigenvalue weighted by Crippen LogP contribution is -2.47. The number of anilines is 1. The Morgan fingerprint density at radius 3 is 2.65 bits per heavy atom. The summed E-state index contributed by atoms with van der Waals surface area (Å²) >= 11 is 6.26. The van der Waals surface area contributed by atoms with E-state index in [2.05, 4.69) is 9.48 Å². The van der Waals surface area contributed by atoms with E-state index in [4.69, 9.17) is 16.3 Å². The van der Waals surface area contributed by atoms with E-state index < -0.39 is 5.72 Å². The van der Waals surface area contributed by atoms with Crippen LogP contribution in [0.15, 0.2) is 48.5 Å². The van der Waals surface area contributed by atoms with Crippen LogP contribution >= 0.6 is 11.6 Å². The van der Waals surface area contributed by atoms with Crippen molar-refractivity contribution >= 4 is 23.1 Å². The topological polar surface area (TPSA) is 35.7 Å². The zero-order valence-corrected chi connectivity index (χ0v) is 15.7. The van der Waals surface area contributed by atoms with Gasteiger partial charge in [-0.1, -0.05) is 17.7 Å². The molecule has 4 nitrogen and oxygen atoms in total. The van der Waals surface area contributed by atoms with Crippen LogP contribution in [0.25, 0.3) is 0 Å². The molecule has 1 unspecified atom stereocenters. The molecule has 0 amide bonds. The third-order valence-electron chi connectivity index (χ3n) is 5.35. The van der Waals surface area contributed by atoms with Crippen molar-refractivity contribution in [1.82, 2.24) is 0 Å². The van der Waals surface area contributed by atoms with Gasteiger partial charge < -0.3 is 9.84 Å². The molecular formula is C21H24ClN2O2+. The number of hydrogen-bond donors (Lipinski definition) is 1. The van der Waals surface area contributed by atoms with Gasteiger partial charge in [0.2, 0.25) is 0 Å². The number of benzene rings is 2. The Balaban J connectivity index is 1.82. The highest BCUT2D eigenvalue weighted by Crippen LogP contribution is 2.38. The lowest BCUT2D eigenvalue weighted by Gasteiger charge is -2.29. The molecule has 0 radical (unpaired) electrons. The minimum atomic E-state index is -1.12. The van der Waals surface area contributed by atoms with Crippen molar-refractivity contribution in [3.63, 3.8) is 0 Å². The fourth-order valence-corrected chi connectivity index (χ4v) is 4.26. The van der Waals surface area contributed by atoms with Crippen LogP contribution in [0.2, 0.25) is 5.02 Å². The zero-order valence-electron chi connectivity index (χ0n) is 15.0. The Kier molecular flexibility index (Phi) is 4.63. The van der Waals surface area contributed by atoms with E-state index in [0.717, 1.165) is 42.8 Å². The standard InChI is InChI=1S/C21H24ClN2O2/c1-26-19-11-9-16(10-12-19)21(25)15-23-13-4-2-3-8-20(23)24(21)18-7-5-6-17(22)14-18/h5-7,9-12,14,25H,2-4,8,13,15H2,1H3/q+1. The van der Waals surface area contributed by atoms with Crippen LogP contribution in [0.5, 0.6) is 5.75 Å².